The molecule has 6 heteroatoms. The van der Waals surface area contributed by atoms with Crippen molar-refractivity contribution in [2.45, 2.75) is 32.6 Å². The zero-order chi connectivity index (χ0) is 20.5. The average Bonchev–Trinajstić information content (AvgIpc) is 3.18. The molecule has 0 radical (unpaired) electrons. The molecule has 6 nitrogen and oxygen atoms in total. The standard InChI is InChI=1S/C24H25N5O/c1-17-20(16-18-10-12-25-13-11-18)24(30)29-23(26-17)22(28-14-6-3-7-15-28)21(27-29)19-8-4-2-5-9-19/h2,4-5,8-13,26H,3,6-7,14-16H2,1H3. The number of pyridine rings is 1. The van der Waals surface area contributed by atoms with Gasteiger partial charge in [-0.15, -0.1) is 0 Å². The van der Waals surface area contributed by atoms with Crippen LogP contribution in [0.4, 0.5) is 5.69 Å². The molecule has 152 valence electrons. The Balaban J connectivity index is 1.71. The predicted molar refractivity (Wildman–Crippen MR) is 119 cm³/mol. The number of nitrogens with one attached hydrogen (secondary N) is 1. The van der Waals surface area contributed by atoms with Gasteiger partial charge in [0.1, 0.15) is 11.4 Å². The van der Waals surface area contributed by atoms with Gasteiger partial charge in [0.05, 0.1) is 0 Å². The van der Waals surface area contributed by atoms with E-state index in [0.717, 1.165) is 65.3 Å². The van der Waals surface area contributed by atoms with Crippen molar-refractivity contribution < 1.29 is 0 Å². The van der Waals surface area contributed by atoms with Gasteiger partial charge in [-0.3, -0.25) is 9.78 Å². The Labute approximate surface area is 175 Å². The van der Waals surface area contributed by atoms with Crippen LogP contribution in [0.25, 0.3) is 16.9 Å². The number of aromatic amines is 1. The number of anilines is 1. The minimum atomic E-state index is -0.0569. The summed E-state index contributed by atoms with van der Waals surface area (Å²) >= 11 is 0. The molecule has 4 aromatic rings. The van der Waals surface area contributed by atoms with Crippen LogP contribution in [-0.2, 0) is 6.42 Å². The molecule has 0 amide bonds. The molecule has 1 aliphatic rings. The Kier molecular flexibility index (Phi) is 4.83. The zero-order valence-corrected chi connectivity index (χ0v) is 17.1. The maximum Gasteiger partial charge on any atom is 0.278 e. The summed E-state index contributed by atoms with van der Waals surface area (Å²) in [5.74, 6) is 0. The lowest BCUT2D eigenvalue weighted by Gasteiger charge is -2.28. The molecule has 1 N–H and O–H groups in total. The molecule has 30 heavy (non-hydrogen) atoms. The van der Waals surface area contributed by atoms with Gasteiger partial charge in [0.2, 0.25) is 0 Å². The molecule has 0 unspecified atom stereocenters. The second kappa shape index (κ2) is 7.78. The van der Waals surface area contributed by atoms with Crippen molar-refractivity contribution in [3.05, 3.63) is 82.0 Å². The van der Waals surface area contributed by atoms with Gasteiger partial charge >= 0.3 is 0 Å². The minimum Gasteiger partial charge on any atom is -0.367 e. The Bertz CT molecular complexity index is 1220. The Morgan fingerprint density at radius 1 is 1.00 bits per heavy atom. The molecule has 0 bridgehead atoms. The molecule has 3 aromatic heterocycles. The van der Waals surface area contributed by atoms with Crippen LogP contribution in [-0.4, -0.2) is 32.7 Å². The van der Waals surface area contributed by atoms with Crippen LogP contribution in [0.1, 0.15) is 36.1 Å². The molecule has 1 saturated heterocycles. The Morgan fingerprint density at radius 3 is 2.47 bits per heavy atom. The molecule has 4 heterocycles. The van der Waals surface area contributed by atoms with Crippen LogP contribution in [0.3, 0.4) is 0 Å². The van der Waals surface area contributed by atoms with E-state index in [0.29, 0.717) is 6.42 Å². The number of fused-ring (bicyclic) bond motifs is 1. The second-order valence-electron chi connectivity index (χ2n) is 7.94. The van der Waals surface area contributed by atoms with Crippen molar-refractivity contribution in [1.82, 2.24) is 19.6 Å². The number of aromatic nitrogens is 4. The first kappa shape index (κ1) is 18.6. The average molecular weight is 399 g/mol. The molecule has 5 rings (SSSR count). The third-order valence-electron chi connectivity index (χ3n) is 5.92. The molecule has 0 aliphatic carbocycles. The third kappa shape index (κ3) is 3.28. The number of aryl methyl sites for hydroxylation is 1. The first-order valence-electron chi connectivity index (χ1n) is 10.6. The fourth-order valence-corrected chi connectivity index (χ4v) is 4.33. The van der Waals surface area contributed by atoms with Crippen molar-refractivity contribution in [1.29, 1.82) is 0 Å². The van der Waals surface area contributed by atoms with E-state index in [2.05, 4.69) is 27.0 Å². The van der Waals surface area contributed by atoms with Gasteiger partial charge in [0.15, 0.2) is 5.65 Å². The summed E-state index contributed by atoms with van der Waals surface area (Å²) in [6.45, 7) is 3.95. The molecule has 1 aliphatic heterocycles. The summed E-state index contributed by atoms with van der Waals surface area (Å²) in [7, 11) is 0. The number of hydrogen-bond acceptors (Lipinski definition) is 4. The number of piperidine rings is 1. The highest BCUT2D eigenvalue weighted by atomic mass is 16.1. The van der Waals surface area contributed by atoms with Crippen LogP contribution in [0.5, 0.6) is 0 Å². The lowest BCUT2D eigenvalue weighted by Crippen LogP contribution is -2.30. The number of nitrogens with zero attached hydrogens (tertiary/aromatic N) is 4. The lowest BCUT2D eigenvalue weighted by atomic mass is 10.1. The van der Waals surface area contributed by atoms with E-state index >= 15 is 0 Å². The Morgan fingerprint density at radius 2 is 1.73 bits per heavy atom. The summed E-state index contributed by atoms with van der Waals surface area (Å²) in [6, 6.07) is 14.0. The number of benzene rings is 1. The summed E-state index contributed by atoms with van der Waals surface area (Å²) in [5, 5.41) is 4.82. The lowest BCUT2D eigenvalue weighted by molar-refractivity contribution is 0.579. The minimum absolute atomic E-state index is 0.0569. The predicted octanol–water partition coefficient (Wildman–Crippen LogP) is 3.97. The monoisotopic (exact) mass is 399 g/mol. The van der Waals surface area contributed by atoms with Gasteiger partial charge < -0.3 is 9.88 Å². The highest BCUT2D eigenvalue weighted by Crippen LogP contribution is 2.34. The van der Waals surface area contributed by atoms with Crippen LogP contribution in [0.2, 0.25) is 0 Å². The highest BCUT2D eigenvalue weighted by Gasteiger charge is 2.24. The quantitative estimate of drug-likeness (QED) is 0.564. The van der Waals surface area contributed by atoms with Crippen molar-refractivity contribution in [2.24, 2.45) is 0 Å². The summed E-state index contributed by atoms with van der Waals surface area (Å²) < 4.78 is 1.57. The third-order valence-corrected chi connectivity index (χ3v) is 5.92. The molecule has 0 spiro atoms. The van der Waals surface area contributed by atoms with E-state index in [1.807, 2.05) is 37.3 Å². The fourth-order valence-electron chi connectivity index (χ4n) is 4.33. The van der Waals surface area contributed by atoms with Gasteiger partial charge in [-0.25, -0.2) is 0 Å². The van der Waals surface area contributed by atoms with E-state index in [-0.39, 0.29) is 5.56 Å². The molecule has 1 fully saturated rings. The Hall–Kier alpha value is -3.41. The van der Waals surface area contributed by atoms with E-state index in [9.17, 15) is 4.79 Å². The topological polar surface area (TPSA) is 66.3 Å². The van der Waals surface area contributed by atoms with Crippen molar-refractivity contribution >= 4 is 11.3 Å². The second-order valence-corrected chi connectivity index (χ2v) is 7.94. The van der Waals surface area contributed by atoms with Crippen molar-refractivity contribution in [3.8, 4) is 11.3 Å². The maximum absolute atomic E-state index is 13.5. The number of rotatable bonds is 4. The van der Waals surface area contributed by atoms with Crippen LogP contribution < -0.4 is 10.5 Å². The van der Waals surface area contributed by atoms with Gasteiger partial charge in [-0.1, -0.05) is 30.3 Å². The van der Waals surface area contributed by atoms with Gasteiger partial charge in [0.25, 0.3) is 5.56 Å². The van der Waals surface area contributed by atoms with Crippen LogP contribution in [0.15, 0.2) is 59.7 Å². The first-order valence-corrected chi connectivity index (χ1v) is 10.6. The summed E-state index contributed by atoms with van der Waals surface area (Å²) in [4.78, 5) is 23.5. The van der Waals surface area contributed by atoms with Crippen molar-refractivity contribution in [2.75, 3.05) is 18.0 Å². The largest absolute Gasteiger partial charge is 0.367 e. The SMILES string of the molecule is Cc1[nH]c2c(N3CCCCC3)c(-c3ccccc3)nn2c(=O)c1Cc1ccncc1. The number of H-pyrrole nitrogens is 1. The first-order chi connectivity index (χ1) is 14.7. The van der Waals surface area contributed by atoms with E-state index in [1.54, 1.807) is 16.9 Å². The van der Waals surface area contributed by atoms with Crippen molar-refractivity contribution in [3.63, 3.8) is 0 Å². The summed E-state index contributed by atoms with van der Waals surface area (Å²) in [6.07, 6.45) is 7.64. The van der Waals surface area contributed by atoms with E-state index < -0.39 is 0 Å². The van der Waals surface area contributed by atoms with E-state index in [1.165, 1.54) is 6.42 Å². The molecule has 0 atom stereocenters. The molecule has 0 saturated carbocycles. The van der Waals surface area contributed by atoms with Crippen LogP contribution >= 0.6 is 0 Å². The molecule has 1 aromatic carbocycles. The molecular formula is C24H25N5O. The fraction of sp³-hybridized carbons (Fsp3) is 0.292. The highest BCUT2D eigenvalue weighted by molar-refractivity contribution is 5.86. The van der Waals surface area contributed by atoms with Gasteiger partial charge in [0, 0.05) is 48.7 Å². The smallest absolute Gasteiger partial charge is 0.278 e. The number of hydrogen-bond donors (Lipinski definition) is 1. The normalized spacial score (nSPS) is 14.4. The van der Waals surface area contributed by atoms with E-state index in [4.69, 9.17) is 5.10 Å². The molecular weight excluding hydrogens is 374 g/mol. The van der Waals surface area contributed by atoms with Crippen LogP contribution in [0, 0.1) is 6.92 Å². The maximum atomic E-state index is 13.5. The zero-order valence-electron chi connectivity index (χ0n) is 17.1. The van der Waals surface area contributed by atoms with Gasteiger partial charge in [-0.05, 0) is 43.9 Å². The summed E-state index contributed by atoms with van der Waals surface area (Å²) in [5.41, 5.74) is 6.36. The van der Waals surface area contributed by atoms with Gasteiger partial charge in [-0.2, -0.15) is 9.61 Å².